The number of methoxy groups -OCH3 is 1. The summed E-state index contributed by atoms with van der Waals surface area (Å²) in [6.07, 6.45) is 5.08. The number of ether oxygens (including phenoxy) is 3. The highest BCUT2D eigenvalue weighted by molar-refractivity contribution is 5.80. The van der Waals surface area contributed by atoms with Crippen LogP contribution >= 0.6 is 0 Å². The van der Waals surface area contributed by atoms with Crippen molar-refractivity contribution in [2.75, 3.05) is 47.1 Å². The molecule has 0 bridgehead atoms. The second-order valence-corrected chi connectivity index (χ2v) is 6.51. The summed E-state index contributed by atoms with van der Waals surface area (Å²) in [7, 11) is 3.55. The van der Waals surface area contributed by atoms with Gasteiger partial charge in [0.1, 0.15) is 12.4 Å². The number of piperidine rings is 1. The van der Waals surface area contributed by atoms with Crippen LogP contribution < -0.4 is 10.1 Å². The van der Waals surface area contributed by atoms with Crippen molar-refractivity contribution in [1.82, 2.24) is 10.2 Å². The molecule has 0 spiro atoms. The number of aliphatic imine (C=N–C) groups is 1. The largest absolute Gasteiger partial charge is 0.489 e. The molecule has 1 saturated heterocycles. The van der Waals surface area contributed by atoms with Crippen LogP contribution in [0.25, 0.3) is 0 Å². The number of hydrogen-bond donors (Lipinski definition) is 1. The molecule has 1 aromatic carbocycles. The summed E-state index contributed by atoms with van der Waals surface area (Å²) in [6, 6.07) is 8.05. The molecule has 27 heavy (non-hydrogen) atoms. The third-order valence-corrected chi connectivity index (χ3v) is 4.57. The Hall–Kier alpha value is -2.05. The minimum Gasteiger partial charge on any atom is -0.489 e. The van der Waals surface area contributed by atoms with Crippen LogP contribution in [0.1, 0.15) is 24.8 Å². The fourth-order valence-electron chi connectivity index (χ4n) is 3.13. The van der Waals surface area contributed by atoms with E-state index in [1.807, 2.05) is 25.2 Å². The SMILES string of the molecule is C=CCOc1ccccc1CNC(=NC)N1CCC(OCCCOC)CC1. The maximum absolute atomic E-state index is 5.94. The van der Waals surface area contributed by atoms with Crippen LogP contribution in [0.4, 0.5) is 0 Å². The first-order valence-electron chi connectivity index (χ1n) is 9.66. The average Bonchev–Trinajstić information content (AvgIpc) is 2.72. The van der Waals surface area contributed by atoms with Crippen LogP contribution in [0.5, 0.6) is 5.75 Å². The summed E-state index contributed by atoms with van der Waals surface area (Å²) in [5.41, 5.74) is 1.11. The van der Waals surface area contributed by atoms with E-state index in [4.69, 9.17) is 14.2 Å². The second kappa shape index (κ2) is 12.4. The van der Waals surface area contributed by atoms with E-state index in [2.05, 4.69) is 27.9 Å². The highest BCUT2D eigenvalue weighted by Gasteiger charge is 2.21. The smallest absolute Gasteiger partial charge is 0.193 e. The van der Waals surface area contributed by atoms with Gasteiger partial charge in [0.05, 0.1) is 6.10 Å². The maximum atomic E-state index is 5.94. The number of para-hydroxylation sites is 1. The molecule has 0 atom stereocenters. The van der Waals surface area contributed by atoms with Crippen LogP contribution in [0, 0.1) is 0 Å². The lowest BCUT2D eigenvalue weighted by Gasteiger charge is -2.34. The van der Waals surface area contributed by atoms with Crippen LogP contribution in [0.3, 0.4) is 0 Å². The Morgan fingerprint density at radius 3 is 2.78 bits per heavy atom. The molecule has 1 fully saturated rings. The average molecular weight is 376 g/mol. The molecular weight excluding hydrogens is 342 g/mol. The molecule has 1 aliphatic rings. The van der Waals surface area contributed by atoms with Crippen molar-refractivity contribution >= 4 is 5.96 Å². The third-order valence-electron chi connectivity index (χ3n) is 4.57. The van der Waals surface area contributed by atoms with E-state index < -0.39 is 0 Å². The van der Waals surface area contributed by atoms with E-state index in [-0.39, 0.29) is 0 Å². The molecule has 0 saturated carbocycles. The number of rotatable bonds is 10. The van der Waals surface area contributed by atoms with E-state index in [1.165, 1.54) is 0 Å². The van der Waals surface area contributed by atoms with Gasteiger partial charge in [-0.25, -0.2) is 0 Å². The van der Waals surface area contributed by atoms with Crippen molar-refractivity contribution in [2.45, 2.75) is 31.9 Å². The fraction of sp³-hybridized carbons (Fsp3) is 0.571. The highest BCUT2D eigenvalue weighted by Crippen LogP contribution is 2.18. The Kier molecular flexibility index (Phi) is 9.73. The number of guanidine groups is 1. The van der Waals surface area contributed by atoms with Crippen LogP contribution in [0.15, 0.2) is 41.9 Å². The van der Waals surface area contributed by atoms with Crippen molar-refractivity contribution in [1.29, 1.82) is 0 Å². The van der Waals surface area contributed by atoms with Gasteiger partial charge < -0.3 is 24.4 Å². The maximum Gasteiger partial charge on any atom is 0.193 e. The topological polar surface area (TPSA) is 55.3 Å². The number of nitrogens with zero attached hydrogens (tertiary/aromatic N) is 2. The fourth-order valence-corrected chi connectivity index (χ4v) is 3.13. The molecule has 6 heteroatoms. The van der Waals surface area contributed by atoms with Crippen LogP contribution in [-0.4, -0.2) is 64.0 Å². The zero-order valence-electron chi connectivity index (χ0n) is 16.7. The summed E-state index contributed by atoms with van der Waals surface area (Å²) < 4.78 is 16.7. The number of hydrogen-bond acceptors (Lipinski definition) is 4. The molecule has 0 aromatic heterocycles. The van der Waals surface area contributed by atoms with Gasteiger partial charge in [-0.05, 0) is 25.3 Å². The predicted octanol–water partition coefficient (Wildman–Crippen LogP) is 2.84. The van der Waals surface area contributed by atoms with Gasteiger partial charge in [-0.3, -0.25) is 4.99 Å². The normalized spacial score (nSPS) is 15.6. The Morgan fingerprint density at radius 2 is 2.07 bits per heavy atom. The first-order chi connectivity index (χ1) is 13.3. The minimum absolute atomic E-state index is 0.337. The van der Waals surface area contributed by atoms with Gasteiger partial charge in [-0.1, -0.05) is 30.9 Å². The Morgan fingerprint density at radius 1 is 1.30 bits per heavy atom. The van der Waals surface area contributed by atoms with Crippen molar-refractivity contribution in [3.8, 4) is 5.75 Å². The molecule has 6 nitrogen and oxygen atoms in total. The van der Waals surface area contributed by atoms with E-state index in [0.29, 0.717) is 19.3 Å². The van der Waals surface area contributed by atoms with Crippen molar-refractivity contribution in [3.63, 3.8) is 0 Å². The Balaban J connectivity index is 1.79. The molecule has 1 heterocycles. The second-order valence-electron chi connectivity index (χ2n) is 6.51. The van der Waals surface area contributed by atoms with Gasteiger partial charge in [0.25, 0.3) is 0 Å². The molecule has 0 radical (unpaired) electrons. The van der Waals surface area contributed by atoms with Gasteiger partial charge >= 0.3 is 0 Å². The van der Waals surface area contributed by atoms with E-state index in [0.717, 1.165) is 62.8 Å². The number of benzene rings is 1. The van der Waals surface area contributed by atoms with E-state index in [1.54, 1.807) is 13.2 Å². The Bertz CT molecular complexity index is 584. The van der Waals surface area contributed by atoms with Gasteiger partial charge in [0.15, 0.2) is 5.96 Å². The first-order valence-corrected chi connectivity index (χ1v) is 9.66. The summed E-state index contributed by atoms with van der Waals surface area (Å²) in [6.45, 7) is 8.31. The predicted molar refractivity (Wildman–Crippen MR) is 109 cm³/mol. The molecule has 0 unspecified atom stereocenters. The molecule has 1 N–H and O–H groups in total. The van der Waals surface area contributed by atoms with Crippen LogP contribution in [-0.2, 0) is 16.0 Å². The molecule has 1 aromatic rings. The summed E-state index contributed by atoms with van der Waals surface area (Å²) in [4.78, 5) is 6.74. The lowest BCUT2D eigenvalue weighted by molar-refractivity contribution is 0.00989. The van der Waals surface area contributed by atoms with Crippen molar-refractivity contribution in [2.24, 2.45) is 4.99 Å². The summed E-state index contributed by atoms with van der Waals surface area (Å²) in [5, 5.41) is 3.46. The summed E-state index contributed by atoms with van der Waals surface area (Å²) >= 11 is 0. The van der Waals surface area contributed by atoms with Gasteiger partial charge in [0, 0.05) is 52.6 Å². The Labute approximate surface area is 163 Å². The van der Waals surface area contributed by atoms with Gasteiger partial charge in [0.2, 0.25) is 0 Å². The number of nitrogens with one attached hydrogen (secondary N) is 1. The monoisotopic (exact) mass is 375 g/mol. The van der Waals surface area contributed by atoms with Crippen LogP contribution in [0.2, 0.25) is 0 Å². The van der Waals surface area contributed by atoms with Gasteiger partial charge in [-0.2, -0.15) is 0 Å². The standard InChI is InChI=1S/C21H33N3O3/c1-4-14-27-20-9-6-5-8-18(20)17-23-21(22-2)24-12-10-19(11-13-24)26-16-7-15-25-3/h4-6,8-9,19H,1,7,10-17H2,2-3H3,(H,22,23). The van der Waals surface area contributed by atoms with Crippen molar-refractivity contribution < 1.29 is 14.2 Å². The minimum atomic E-state index is 0.337. The lowest BCUT2D eigenvalue weighted by Crippen LogP contribution is -2.46. The number of likely N-dealkylation sites (tertiary alicyclic amines) is 1. The molecule has 0 aliphatic carbocycles. The molecule has 2 rings (SSSR count). The van der Waals surface area contributed by atoms with Gasteiger partial charge in [-0.15, -0.1) is 0 Å². The highest BCUT2D eigenvalue weighted by atomic mass is 16.5. The van der Waals surface area contributed by atoms with Crippen molar-refractivity contribution in [3.05, 3.63) is 42.5 Å². The summed E-state index contributed by atoms with van der Waals surface area (Å²) in [5.74, 6) is 1.80. The first kappa shape index (κ1) is 21.3. The quantitative estimate of drug-likeness (QED) is 0.295. The third kappa shape index (κ3) is 7.23. The molecule has 1 aliphatic heterocycles. The lowest BCUT2D eigenvalue weighted by atomic mass is 10.1. The van der Waals surface area contributed by atoms with E-state index >= 15 is 0 Å². The molecule has 0 amide bonds. The van der Waals surface area contributed by atoms with E-state index in [9.17, 15) is 0 Å². The zero-order valence-corrected chi connectivity index (χ0v) is 16.7. The molecule has 150 valence electrons. The molecular formula is C21H33N3O3. The zero-order chi connectivity index (χ0) is 19.3.